The van der Waals surface area contributed by atoms with Crippen molar-refractivity contribution in [1.29, 1.82) is 0 Å². The second-order valence-corrected chi connectivity index (χ2v) is 2.45. The predicted molar refractivity (Wildman–Crippen MR) is 20.4 cm³/mol. The zero-order chi connectivity index (χ0) is 6.08. The molecule has 0 aliphatic heterocycles. The van der Waals surface area contributed by atoms with Crippen molar-refractivity contribution in [3.8, 4) is 0 Å². The first-order chi connectivity index (χ1) is 2.94. The maximum absolute atomic E-state index is 11.3. The van der Waals surface area contributed by atoms with Gasteiger partial charge in [-0.25, -0.2) is 0 Å². The quantitative estimate of drug-likeness (QED) is 0.542. The molecule has 2 nitrogen and oxygen atoms in total. The third-order valence-corrected chi connectivity index (χ3v) is 1.01. The molecule has 42 valence electrons. The molecule has 0 radical (unpaired) electrons. The molecule has 0 aromatic carbocycles. The van der Waals surface area contributed by atoms with Crippen LogP contribution >= 0.6 is 8.03 Å². The normalized spacial score (nSPS) is 14.0. The van der Waals surface area contributed by atoms with E-state index in [0.29, 0.717) is 6.92 Å². The van der Waals surface area contributed by atoms with Crippen molar-refractivity contribution in [2.75, 3.05) is 0 Å². The summed E-state index contributed by atoms with van der Waals surface area (Å²) in [6.45, 7) is 0.395. The zero-order valence-corrected chi connectivity index (χ0v) is 4.45. The largest absolute Gasteiger partial charge is 0.583 e. The molecule has 0 saturated heterocycles. The van der Waals surface area contributed by atoms with Crippen molar-refractivity contribution in [1.82, 2.24) is 0 Å². The first kappa shape index (κ1) is 6.92. The van der Waals surface area contributed by atoms with Crippen molar-refractivity contribution >= 4 is 8.03 Å². The molecular weight excluding hydrogens is 125 g/mol. The Labute approximate surface area is 40.0 Å². The molecule has 0 heterocycles. The van der Waals surface area contributed by atoms with Gasteiger partial charge in [0.2, 0.25) is 0 Å². The maximum atomic E-state index is 11.3. The van der Waals surface area contributed by atoms with Gasteiger partial charge in [-0.3, -0.25) is 0 Å². The smallest absolute Gasteiger partial charge is 0.156 e. The minimum Gasteiger partial charge on any atom is -0.156 e. The van der Waals surface area contributed by atoms with E-state index in [1.807, 2.05) is 0 Å². The Balaban J connectivity index is 3.79. The first-order valence-electron chi connectivity index (χ1n) is 1.48. The standard InChI is InChI=1S/C2H3F2O2P/c1-2(3,4)7(5)6/h1H3/p+1. The van der Waals surface area contributed by atoms with Crippen molar-refractivity contribution in [2.24, 2.45) is 0 Å². The monoisotopic (exact) mass is 129 g/mol. The fraction of sp³-hybridized carbons (Fsp3) is 1.00. The molecule has 0 fully saturated rings. The molecule has 7 heavy (non-hydrogen) atoms. The average molecular weight is 129 g/mol. The Morgan fingerprint density at radius 1 is 1.71 bits per heavy atom. The molecule has 0 spiro atoms. The van der Waals surface area contributed by atoms with Crippen LogP contribution in [0.15, 0.2) is 0 Å². The molecule has 0 bridgehead atoms. The van der Waals surface area contributed by atoms with Crippen LogP contribution in [0.3, 0.4) is 0 Å². The minimum absolute atomic E-state index is 0.395. The Hall–Kier alpha value is -0.0800. The number of halogens is 2. The molecule has 1 unspecified atom stereocenters. The van der Waals surface area contributed by atoms with Gasteiger partial charge in [-0.2, -0.15) is 13.7 Å². The first-order valence-corrected chi connectivity index (χ1v) is 2.70. The lowest BCUT2D eigenvalue weighted by Gasteiger charge is -1.86. The summed E-state index contributed by atoms with van der Waals surface area (Å²) in [5.41, 5.74) is -3.44. The molecule has 0 aliphatic rings. The summed E-state index contributed by atoms with van der Waals surface area (Å²) < 4.78 is 32.0. The average Bonchev–Trinajstić information content (AvgIpc) is 1.31. The van der Waals surface area contributed by atoms with E-state index in [4.69, 9.17) is 4.89 Å². The summed E-state index contributed by atoms with van der Waals surface area (Å²) in [6, 6.07) is 0. The fourth-order valence-electron chi connectivity index (χ4n) is 0. The van der Waals surface area contributed by atoms with Gasteiger partial charge in [-0.1, -0.05) is 0 Å². The van der Waals surface area contributed by atoms with Crippen LogP contribution in [-0.4, -0.2) is 10.6 Å². The lowest BCUT2D eigenvalue weighted by molar-refractivity contribution is 0.105. The second-order valence-electron chi connectivity index (χ2n) is 1.11. The highest BCUT2D eigenvalue weighted by Crippen LogP contribution is 2.36. The van der Waals surface area contributed by atoms with E-state index in [2.05, 4.69) is 0 Å². The highest BCUT2D eigenvalue weighted by Gasteiger charge is 2.45. The van der Waals surface area contributed by atoms with Crippen molar-refractivity contribution in [3.05, 3.63) is 0 Å². The van der Waals surface area contributed by atoms with Crippen LogP contribution in [0.25, 0.3) is 0 Å². The van der Waals surface area contributed by atoms with E-state index >= 15 is 0 Å². The van der Waals surface area contributed by atoms with E-state index in [1.165, 1.54) is 0 Å². The third-order valence-electron chi connectivity index (χ3n) is 0.336. The van der Waals surface area contributed by atoms with Crippen LogP contribution in [-0.2, 0) is 4.57 Å². The molecular formula is C2H4F2O2P+. The Morgan fingerprint density at radius 3 is 1.86 bits per heavy atom. The SMILES string of the molecule is CC(F)(F)[P+](=O)O. The van der Waals surface area contributed by atoms with E-state index in [9.17, 15) is 13.3 Å². The highest BCUT2D eigenvalue weighted by atomic mass is 31.1. The Bertz CT molecular complexity index is 86.2. The predicted octanol–water partition coefficient (Wildman–Crippen LogP) is 1.33. The summed E-state index contributed by atoms with van der Waals surface area (Å²) in [6.07, 6.45) is 0. The summed E-state index contributed by atoms with van der Waals surface area (Å²) in [7, 11) is -3.32. The number of alkyl halides is 2. The fourth-order valence-corrected chi connectivity index (χ4v) is 0. The van der Waals surface area contributed by atoms with Crippen LogP contribution in [0.2, 0.25) is 0 Å². The molecule has 0 aromatic rings. The van der Waals surface area contributed by atoms with Gasteiger partial charge >= 0.3 is 13.7 Å². The second kappa shape index (κ2) is 1.80. The van der Waals surface area contributed by atoms with E-state index in [1.54, 1.807) is 0 Å². The van der Waals surface area contributed by atoms with Gasteiger partial charge in [0.1, 0.15) is 0 Å². The number of hydrogen-bond acceptors (Lipinski definition) is 1. The molecule has 0 rings (SSSR count). The van der Waals surface area contributed by atoms with Gasteiger partial charge in [0, 0.05) is 0 Å². The van der Waals surface area contributed by atoms with Crippen molar-refractivity contribution in [3.63, 3.8) is 0 Å². The van der Waals surface area contributed by atoms with Gasteiger partial charge in [0.25, 0.3) is 0 Å². The maximum Gasteiger partial charge on any atom is 0.583 e. The van der Waals surface area contributed by atoms with E-state index in [0.717, 1.165) is 0 Å². The topological polar surface area (TPSA) is 37.3 Å². The molecule has 5 heteroatoms. The summed E-state index contributed by atoms with van der Waals surface area (Å²) in [5.74, 6) is 0. The summed E-state index contributed by atoms with van der Waals surface area (Å²) >= 11 is 0. The lowest BCUT2D eigenvalue weighted by atomic mass is 10.9. The molecule has 0 aliphatic carbocycles. The minimum atomic E-state index is -3.44. The van der Waals surface area contributed by atoms with Crippen LogP contribution in [0.4, 0.5) is 8.78 Å². The van der Waals surface area contributed by atoms with Gasteiger partial charge in [-0.15, -0.1) is 0 Å². The van der Waals surface area contributed by atoms with Crippen LogP contribution in [0.1, 0.15) is 6.92 Å². The lowest BCUT2D eigenvalue weighted by Crippen LogP contribution is -2.00. The highest BCUT2D eigenvalue weighted by molar-refractivity contribution is 7.39. The van der Waals surface area contributed by atoms with Crippen LogP contribution < -0.4 is 0 Å². The van der Waals surface area contributed by atoms with Gasteiger partial charge < -0.3 is 0 Å². The van der Waals surface area contributed by atoms with Gasteiger partial charge in [0.15, 0.2) is 0 Å². The third kappa shape index (κ3) is 2.60. The molecule has 0 amide bonds. The van der Waals surface area contributed by atoms with Gasteiger partial charge in [-0.05, 0) is 4.57 Å². The van der Waals surface area contributed by atoms with Crippen molar-refractivity contribution in [2.45, 2.75) is 12.6 Å². The van der Waals surface area contributed by atoms with Crippen molar-refractivity contribution < 1.29 is 18.2 Å². The molecule has 0 saturated carbocycles. The summed E-state index contributed by atoms with van der Waals surface area (Å²) in [4.78, 5) is 7.65. The summed E-state index contributed by atoms with van der Waals surface area (Å²) in [5, 5.41) is 0. The molecule has 1 atom stereocenters. The Morgan fingerprint density at radius 2 is 1.86 bits per heavy atom. The van der Waals surface area contributed by atoms with Gasteiger partial charge in [0.05, 0.1) is 6.92 Å². The molecule has 0 aromatic heterocycles. The van der Waals surface area contributed by atoms with E-state index < -0.39 is 13.7 Å². The number of hydrogen-bond donors (Lipinski definition) is 1. The molecule has 1 N–H and O–H groups in total. The van der Waals surface area contributed by atoms with E-state index in [-0.39, 0.29) is 0 Å². The number of rotatable bonds is 1. The Kier molecular flexibility index (Phi) is 1.78. The van der Waals surface area contributed by atoms with Crippen LogP contribution in [0.5, 0.6) is 0 Å². The van der Waals surface area contributed by atoms with Crippen LogP contribution in [0, 0.1) is 0 Å². The zero-order valence-electron chi connectivity index (χ0n) is 3.56.